The summed E-state index contributed by atoms with van der Waals surface area (Å²) in [5, 5.41) is 18.0. The van der Waals surface area contributed by atoms with Crippen molar-refractivity contribution in [2.75, 3.05) is 13.2 Å². The van der Waals surface area contributed by atoms with Crippen LogP contribution in [0.15, 0.2) is 0 Å². The molecule has 0 amide bonds. The molecule has 2 N–H and O–H groups in total. The van der Waals surface area contributed by atoms with Crippen molar-refractivity contribution in [3.8, 4) is 0 Å². The van der Waals surface area contributed by atoms with Gasteiger partial charge in [0.2, 0.25) is 0 Å². The van der Waals surface area contributed by atoms with Crippen molar-refractivity contribution in [2.45, 2.75) is 31.1 Å². The monoisotopic (exact) mass is 190 g/mol. The van der Waals surface area contributed by atoms with Gasteiger partial charge in [0.1, 0.15) is 14.0 Å². The van der Waals surface area contributed by atoms with E-state index < -0.39 is 17.8 Å². The van der Waals surface area contributed by atoms with Gasteiger partial charge in [-0.1, -0.05) is 6.92 Å². The van der Waals surface area contributed by atoms with Gasteiger partial charge in [-0.2, -0.15) is 0 Å². The third kappa shape index (κ3) is 1.73. The Morgan fingerprint density at radius 3 is 2.46 bits per heavy atom. The van der Waals surface area contributed by atoms with Crippen molar-refractivity contribution in [2.24, 2.45) is 5.92 Å². The Morgan fingerprint density at radius 2 is 2.15 bits per heavy atom. The first-order chi connectivity index (χ1) is 6.07. The van der Waals surface area contributed by atoms with Crippen molar-refractivity contribution >= 4 is 7.85 Å². The maximum Gasteiger partial charge on any atom is 0.143 e. The zero-order valence-electron chi connectivity index (χ0n) is 8.03. The van der Waals surface area contributed by atoms with E-state index in [0.717, 1.165) is 0 Å². The number of hydrogen-bond acceptors (Lipinski definition) is 3. The van der Waals surface area contributed by atoms with E-state index in [9.17, 15) is 4.39 Å². The maximum absolute atomic E-state index is 13.4. The van der Waals surface area contributed by atoms with Crippen LogP contribution in [0.1, 0.15) is 13.3 Å². The molecule has 0 aromatic carbocycles. The highest BCUT2D eigenvalue weighted by molar-refractivity contribution is 6.11. The van der Waals surface area contributed by atoms with Gasteiger partial charge in [-0.05, 0) is 0 Å². The number of aliphatic hydroxyl groups excluding tert-OH is 2. The number of aliphatic hydroxyl groups is 2. The normalized spacial score (nSPS) is 45.4. The average Bonchev–Trinajstić information content (AvgIpc) is 2.32. The Morgan fingerprint density at radius 1 is 1.54 bits per heavy atom. The second-order valence-corrected chi connectivity index (χ2v) is 3.75. The molecule has 1 unspecified atom stereocenters. The van der Waals surface area contributed by atoms with Gasteiger partial charge in [0, 0.05) is 18.9 Å². The molecule has 0 aromatic rings. The van der Waals surface area contributed by atoms with E-state index in [1.807, 2.05) is 0 Å². The van der Waals surface area contributed by atoms with Crippen LogP contribution in [-0.4, -0.2) is 49.0 Å². The SMILES string of the molecule is B[C@@H]1O[C@@](CO)(CCO)[C@H](C)C1F. The Kier molecular flexibility index (Phi) is 3.32. The Hall–Kier alpha value is -0.125. The van der Waals surface area contributed by atoms with E-state index in [1.165, 1.54) is 0 Å². The number of halogens is 1. The van der Waals surface area contributed by atoms with Gasteiger partial charge in [0.25, 0.3) is 0 Å². The molecule has 0 aliphatic carbocycles. The molecule has 13 heavy (non-hydrogen) atoms. The zero-order chi connectivity index (χ0) is 10.1. The van der Waals surface area contributed by atoms with Crippen molar-refractivity contribution in [3.05, 3.63) is 0 Å². The summed E-state index contributed by atoms with van der Waals surface area (Å²) in [7, 11) is 1.65. The van der Waals surface area contributed by atoms with Crippen LogP contribution in [-0.2, 0) is 4.74 Å². The van der Waals surface area contributed by atoms with Gasteiger partial charge in [0.05, 0.1) is 18.2 Å². The van der Waals surface area contributed by atoms with Crippen LogP contribution >= 0.6 is 0 Å². The van der Waals surface area contributed by atoms with Gasteiger partial charge >= 0.3 is 0 Å². The highest BCUT2D eigenvalue weighted by Crippen LogP contribution is 2.39. The van der Waals surface area contributed by atoms with Gasteiger partial charge in [-0.15, -0.1) is 0 Å². The molecular formula is C8H16BFO3. The first-order valence-electron chi connectivity index (χ1n) is 4.61. The first kappa shape index (κ1) is 11.0. The molecule has 0 saturated carbocycles. The Bertz CT molecular complexity index is 181. The molecule has 1 aliphatic heterocycles. The van der Waals surface area contributed by atoms with E-state index in [-0.39, 0.29) is 25.6 Å². The van der Waals surface area contributed by atoms with Crippen molar-refractivity contribution < 1.29 is 19.3 Å². The summed E-state index contributed by atoms with van der Waals surface area (Å²) < 4.78 is 18.8. The molecule has 1 fully saturated rings. The third-order valence-electron chi connectivity index (χ3n) is 2.98. The number of alkyl halides is 1. The summed E-state index contributed by atoms with van der Waals surface area (Å²) in [4.78, 5) is 0. The quantitative estimate of drug-likeness (QED) is 0.565. The lowest BCUT2D eigenvalue weighted by Gasteiger charge is -2.30. The van der Waals surface area contributed by atoms with Crippen molar-refractivity contribution in [1.29, 1.82) is 0 Å². The van der Waals surface area contributed by atoms with E-state index in [4.69, 9.17) is 14.9 Å². The Labute approximate surface area is 78.3 Å². The lowest BCUT2D eigenvalue weighted by atomic mass is 9.82. The summed E-state index contributed by atoms with van der Waals surface area (Å²) in [5.74, 6) is -0.361. The summed E-state index contributed by atoms with van der Waals surface area (Å²) in [6.07, 6.45) is -0.770. The molecule has 0 aromatic heterocycles. The topological polar surface area (TPSA) is 49.7 Å². The second-order valence-electron chi connectivity index (χ2n) is 3.75. The molecule has 0 bridgehead atoms. The van der Waals surface area contributed by atoms with Crippen LogP contribution < -0.4 is 0 Å². The molecule has 0 radical (unpaired) electrons. The number of ether oxygens (including phenoxy) is 1. The highest BCUT2D eigenvalue weighted by Gasteiger charge is 2.50. The van der Waals surface area contributed by atoms with Crippen molar-refractivity contribution in [1.82, 2.24) is 0 Å². The molecule has 0 spiro atoms. The molecule has 3 nitrogen and oxygen atoms in total. The molecule has 1 rings (SSSR count). The van der Waals surface area contributed by atoms with Crippen LogP contribution in [0.4, 0.5) is 4.39 Å². The van der Waals surface area contributed by atoms with Crippen molar-refractivity contribution in [3.63, 3.8) is 0 Å². The Balaban J connectivity index is 2.76. The van der Waals surface area contributed by atoms with E-state index in [1.54, 1.807) is 14.8 Å². The summed E-state index contributed by atoms with van der Waals surface area (Å²) >= 11 is 0. The molecule has 1 saturated heterocycles. The minimum Gasteiger partial charge on any atom is -0.396 e. The zero-order valence-corrected chi connectivity index (χ0v) is 8.03. The lowest BCUT2D eigenvalue weighted by molar-refractivity contribution is -0.0812. The summed E-state index contributed by atoms with van der Waals surface area (Å²) in [5.41, 5.74) is -0.881. The fourth-order valence-corrected chi connectivity index (χ4v) is 1.98. The van der Waals surface area contributed by atoms with Crippen LogP contribution in [0.3, 0.4) is 0 Å². The molecular weight excluding hydrogens is 174 g/mol. The largest absolute Gasteiger partial charge is 0.396 e. The van der Waals surface area contributed by atoms with Gasteiger partial charge in [-0.3, -0.25) is 0 Å². The second kappa shape index (κ2) is 3.94. The molecule has 5 heteroatoms. The van der Waals surface area contributed by atoms with Crippen LogP contribution in [0.5, 0.6) is 0 Å². The summed E-state index contributed by atoms with van der Waals surface area (Å²) in [6, 6.07) is -0.492. The standard InChI is InChI=1S/C8H16BFO3/c1-5-6(10)7(9)13-8(5,4-12)2-3-11/h5-7,11-12H,2-4,9H2,1H3/t5-,6?,7-,8-/m1/s1. The predicted octanol–water partition coefficient (Wildman–Crippen LogP) is -0.937. The average molecular weight is 190 g/mol. The first-order valence-corrected chi connectivity index (χ1v) is 4.61. The van der Waals surface area contributed by atoms with Gasteiger partial charge < -0.3 is 14.9 Å². The third-order valence-corrected chi connectivity index (χ3v) is 2.98. The van der Waals surface area contributed by atoms with E-state index in [0.29, 0.717) is 0 Å². The van der Waals surface area contributed by atoms with Crippen LogP contribution in [0.25, 0.3) is 0 Å². The van der Waals surface area contributed by atoms with Crippen LogP contribution in [0, 0.1) is 5.92 Å². The van der Waals surface area contributed by atoms with Gasteiger partial charge in [-0.25, -0.2) is 4.39 Å². The molecule has 1 heterocycles. The van der Waals surface area contributed by atoms with Crippen LogP contribution in [0.2, 0.25) is 0 Å². The predicted molar refractivity (Wildman–Crippen MR) is 49.0 cm³/mol. The summed E-state index contributed by atoms with van der Waals surface area (Å²) in [6.45, 7) is 1.38. The minimum atomic E-state index is -1.06. The minimum absolute atomic E-state index is 0.0929. The molecule has 76 valence electrons. The maximum atomic E-state index is 13.4. The lowest BCUT2D eigenvalue weighted by Crippen LogP contribution is -2.40. The number of rotatable bonds is 3. The van der Waals surface area contributed by atoms with Gasteiger partial charge in [0.15, 0.2) is 0 Å². The number of hydrogen-bond donors (Lipinski definition) is 2. The van der Waals surface area contributed by atoms with E-state index >= 15 is 0 Å². The van der Waals surface area contributed by atoms with E-state index in [2.05, 4.69) is 0 Å². The highest BCUT2D eigenvalue weighted by atomic mass is 19.1. The fourth-order valence-electron chi connectivity index (χ4n) is 1.98. The molecule has 1 aliphatic rings. The smallest absolute Gasteiger partial charge is 0.143 e. The fraction of sp³-hybridized carbons (Fsp3) is 1.00. The molecule has 4 atom stereocenters.